The Hall–Kier alpha value is -4.04. The predicted molar refractivity (Wildman–Crippen MR) is 130 cm³/mol. The van der Waals surface area contributed by atoms with Crippen LogP contribution in [0.15, 0.2) is 59.3 Å². The van der Waals surface area contributed by atoms with Crippen LogP contribution >= 0.6 is 0 Å². The summed E-state index contributed by atoms with van der Waals surface area (Å²) in [6.45, 7) is 1.75. The van der Waals surface area contributed by atoms with E-state index in [1.807, 2.05) is 30.3 Å². The third-order valence-corrected chi connectivity index (χ3v) is 5.96. The van der Waals surface area contributed by atoms with E-state index in [4.69, 9.17) is 9.15 Å². The minimum atomic E-state index is -0.330. The molecule has 8 heteroatoms. The molecule has 3 aromatic heterocycles. The molecule has 0 unspecified atom stereocenters. The second-order valence-corrected chi connectivity index (χ2v) is 8.61. The zero-order chi connectivity index (χ0) is 24.2. The molecule has 5 rings (SSSR count). The summed E-state index contributed by atoms with van der Waals surface area (Å²) in [6, 6.07) is 13.8. The van der Waals surface area contributed by atoms with Crippen molar-refractivity contribution in [2.24, 2.45) is 0 Å². The van der Waals surface area contributed by atoms with Gasteiger partial charge in [-0.1, -0.05) is 30.3 Å². The van der Waals surface area contributed by atoms with E-state index < -0.39 is 0 Å². The van der Waals surface area contributed by atoms with Crippen LogP contribution in [0.1, 0.15) is 51.7 Å². The Morgan fingerprint density at radius 3 is 2.83 bits per heavy atom. The van der Waals surface area contributed by atoms with Gasteiger partial charge in [0.1, 0.15) is 24.8 Å². The van der Waals surface area contributed by atoms with Crippen molar-refractivity contribution in [1.82, 2.24) is 15.0 Å². The molecule has 3 heterocycles. The Bertz CT molecular complexity index is 1360. The Morgan fingerprint density at radius 1 is 1.17 bits per heavy atom. The van der Waals surface area contributed by atoms with E-state index in [2.05, 4.69) is 32.4 Å². The second kappa shape index (κ2) is 10.1. The molecule has 0 saturated carbocycles. The van der Waals surface area contributed by atoms with E-state index in [0.29, 0.717) is 30.3 Å². The standard InChI is InChI=1S/C27H26N4O4/c1-17-14-29-25(35-17)16-34-15-24(33)31-23-13-19(10-11-28-23)27-20(12-18-6-3-2-4-7-18)26-21(30-27)8-5-9-22(26)32/h2-4,6-7,10-11,13-14,30H,5,8-9,12,15-16H2,1H3,(H,28,31,33). The van der Waals surface area contributed by atoms with E-state index in [-0.39, 0.29) is 24.9 Å². The zero-order valence-electron chi connectivity index (χ0n) is 19.5. The highest BCUT2D eigenvalue weighted by Gasteiger charge is 2.26. The first-order valence-electron chi connectivity index (χ1n) is 11.6. The number of hydrogen-bond donors (Lipinski definition) is 2. The first kappa shape index (κ1) is 22.7. The van der Waals surface area contributed by atoms with E-state index >= 15 is 0 Å². The molecule has 0 bridgehead atoms. The summed E-state index contributed by atoms with van der Waals surface area (Å²) in [7, 11) is 0. The fourth-order valence-electron chi connectivity index (χ4n) is 4.43. The molecule has 35 heavy (non-hydrogen) atoms. The summed E-state index contributed by atoms with van der Waals surface area (Å²) in [5.41, 5.74) is 5.67. The number of aryl methyl sites for hydroxylation is 2. The van der Waals surface area contributed by atoms with Gasteiger partial charge in [0.05, 0.1) is 11.9 Å². The molecular weight excluding hydrogens is 444 g/mol. The lowest BCUT2D eigenvalue weighted by Gasteiger charge is -2.12. The van der Waals surface area contributed by atoms with Gasteiger partial charge in [-0.05, 0) is 43.0 Å². The Kier molecular flexibility index (Phi) is 6.54. The number of fused-ring (bicyclic) bond motifs is 1. The van der Waals surface area contributed by atoms with Crippen molar-refractivity contribution in [2.45, 2.75) is 39.2 Å². The molecule has 8 nitrogen and oxygen atoms in total. The van der Waals surface area contributed by atoms with Gasteiger partial charge in [-0.25, -0.2) is 9.97 Å². The number of nitrogens with zero attached hydrogens (tertiary/aromatic N) is 2. The van der Waals surface area contributed by atoms with Crippen molar-refractivity contribution in [1.29, 1.82) is 0 Å². The largest absolute Gasteiger partial charge is 0.443 e. The normalized spacial score (nSPS) is 13.0. The van der Waals surface area contributed by atoms with Gasteiger partial charge in [-0.15, -0.1) is 0 Å². The predicted octanol–water partition coefficient (Wildman–Crippen LogP) is 4.64. The van der Waals surface area contributed by atoms with E-state index in [1.54, 1.807) is 19.3 Å². The fourth-order valence-corrected chi connectivity index (χ4v) is 4.43. The summed E-state index contributed by atoms with van der Waals surface area (Å²) >= 11 is 0. The van der Waals surface area contributed by atoms with Crippen molar-refractivity contribution in [3.8, 4) is 11.3 Å². The van der Waals surface area contributed by atoms with Crippen molar-refractivity contribution in [3.63, 3.8) is 0 Å². The van der Waals surface area contributed by atoms with Crippen molar-refractivity contribution in [3.05, 3.63) is 88.9 Å². The number of oxazole rings is 1. The van der Waals surface area contributed by atoms with Gasteiger partial charge in [0.2, 0.25) is 5.89 Å². The summed E-state index contributed by atoms with van der Waals surface area (Å²) in [6.07, 6.45) is 6.16. The first-order valence-corrected chi connectivity index (χ1v) is 11.6. The molecule has 2 N–H and O–H groups in total. The highest BCUT2D eigenvalue weighted by Crippen LogP contribution is 2.35. The van der Waals surface area contributed by atoms with Gasteiger partial charge in [-0.3, -0.25) is 9.59 Å². The molecule has 1 aliphatic carbocycles. The van der Waals surface area contributed by atoms with Crippen LogP contribution < -0.4 is 5.32 Å². The number of anilines is 1. The number of nitrogens with one attached hydrogen (secondary N) is 2. The lowest BCUT2D eigenvalue weighted by Crippen LogP contribution is -2.19. The maximum atomic E-state index is 12.8. The van der Waals surface area contributed by atoms with E-state index in [0.717, 1.165) is 46.5 Å². The molecular formula is C27H26N4O4. The number of H-pyrrole nitrogens is 1. The Morgan fingerprint density at radius 2 is 2.03 bits per heavy atom. The number of hydrogen-bond acceptors (Lipinski definition) is 6. The van der Waals surface area contributed by atoms with Crippen LogP contribution in [-0.4, -0.2) is 33.2 Å². The average molecular weight is 471 g/mol. The number of benzene rings is 1. The smallest absolute Gasteiger partial charge is 0.251 e. The molecule has 0 fully saturated rings. The molecule has 178 valence electrons. The van der Waals surface area contributed by atoms with Gasteiger partial charge < -0.3 is 19.5 Å². The number of aromatic nitrogens is 3. The minimum absolute atomic E-state index is 0.111. The second-order valence-electron chi connectivity index (χ2n) is 8.61. The maximum Gasteiger partial charge on any atom is 0.251 e. The Balaban J connectivity index is 1.35. The molecule has 0 radical (unpaired) electrons. The highest BCUT2D eigenvalue weighted by atomic mass is 16.5. The molecule has 0 aliphatic heterocycles. The maximum absolute atomic E-state index is 12.8. The molecule has 1 aromatic carbocycles. The van der Waals surface area contributed by atoms with Crippen LogP contribution in [0.3, 0.4) is 0 Å². The third kappa shape index (κ3) is 5.22. The van der Waals surface area contributed by atoms with Crippen LogP contribution in [0.25, 0.3) is 11.3 Å². The first-order chi connectivity index (χ1) is 17.1. The summed E-state index contributed by atoms with van der Waals surface area (Å²) in [5.74, 6) is 1.37. The van der Waals surface area contributed by atoms with Crippen LogP contribution in [0, 0.1) is 6.92 Å². The van der Waals surface area contributed by atoms with Crippen LogP contribution in [0.4, 0.5) is 5.82 Å². The van der Waals surface area contributed by atoms with Crippen molar-refractivity contribution >= 4 is 17.5 Å². The van der Waals surface area contributed by atoms with Crippen molar-refractivity contribution in [2.75, 3.05) is 11.9 Å². The zero-order valence-corrected chi connectivity index (χ0v) is 19.5. The number of rotatable bonds is 8. The summed E-state index contributed by atoms with van der Waals surface area (Å²) in [5, 5.41) is 2.78. The monoisotopic (exact) mass is 470 g/mol. The van der Waals surface area contributed by atoms with Crippen molar-refractivity contribution < 1.29 is 18.7 Å². The number of carbonyl (C=O) groups is 2. The summed E-state index contributed by atoms with van der Waals surface area (Å²) < 4.78 is 10.7. The summed E-state index contributed by atoms with van der Waals surface area (Å²) in [4.78, 5) is 37.1. The molecule has 0 atom stereocenters. The number of carbonyl (C=O) groups excluding carboxylic acids is 2. The fraction of sp³-hybridized carbons (Fsp3) is 0.259. The quantitative estimate of drug-likeness (QED) is 0.388. The molecule has 4 aromatic rings. The van der Waals surface area contributed by atoms with Gasteiger partial charge in [0, 0.05) is 35.9 Å². The third-order valence-electron chi connectivity index (χ3n) is 5.96. The lowest BCUT2D eigenvalue weighted by molar-refractivity contribution is -0.121. The van der Waals surface area contributed by atoms with Crippen LogP contribution in [0.5, 0.6) is 0 Å². The number of amides is 1. The molecule has 1 amide bonds. The Labute approximate surface area is 202 Å². The highest BCUT2D eigenvalue weighted by molar-refractivity contribution is 6.01. The SMILES string of the molecule is Cc1cnc(COCC(=O)Nc2cc(-c3[nH]c4c(c3Cc3ccccc3)C(=O)CCC4)ccn2)o1. The van der Waals surface area contributed by atoms with E-state index in [9.17, 15) is 9.59 Å². The molecule has 0 saturated heterocycles. The van der Waals surface area contributed by atoms with E-state index in [1.165, 1.54) is 0 Å². The topological polar surface area (TPSA) is 110 Å². The number of Topliss-reactive ketones (excluding diaryl/α,β-unsaturated/α-hetero) is 1. The number of ketones is 1. The van der Waals surface area contributed by atoms with Gasteiger partial charge in [0.15, 0.2) is 5.78 Å². The van der Waals surface area contributed by atoms with Gasteiger partial charge in [0.25, 0.3) is 5.91 Å². The van der Waals surface area contributed by atoms with Gasteiger partial charge in [-0.2, -0.15) is 0 Å². The molecule has 0 spiro atoms. The lowest BCUT2D eigenvalue weighted by atomic mass is 9.90. The number of aromatic amines is 1. The van der Waals surface area contributed by atoms with Gasteiger partial charge >= 0.3 is 0 Å². The minimum Gasteiger partial charge on any atom is -0.443 e. The van der Waals surface area contributed by atoms with Crippen LogP contribution in [0.2, 0.25) is 0 Å². The van der Waals surface area contributed by atoms with Crippen LogP contribution in [-0.2, 0) is 29.0 Å². The average Bonchev–Trinajstić information content (AvgIpc) is 3.44. The molecule has 1 aliphatic rings. The number of pyridine rings is 1. The number of ether oxygens (including phenoxy) is 1.